The second kappa shape index (κ2) is 5.67. The molecule has 0 aromatic carbocycles. The van der Waals surface area contributed by atoms with E-state index in [0.29, 0.717) is 0 Å². The quantitative estimate of drug-likeness (QED) is 0.591. The maximum atomic E-state index is 10.6. The summed E-state index contributed by atoms with van der Waals surface area (Å²) in [6.45, 7) is 2.76. The van der Waals surface area contributed by atoms with Crippen LogP contribution < -0.4 is 0 Å². The molecule has 0 bridgehead atoms. The summed E-state index contributed by atoms with van der Waals surface area (Å²) in [5, 5.41) is 18.7. The monoisotopic (exact) mass is 220 g/mol. The Hall–Kier alpha value is -1.14. The van der Waals surface area contributed by atoms with Crippen molar-refractivity contribution in [3.63, 3.8) is 0 Å². The first-order chi connectivity index (χ1) is 6.79. The fourth-order valence-corrected chi connectivity index (χ4v) is 0.902. The Kier molecular flexibility index (Phi) is 5.24. The maximum Gasteiger partial charge on any atom is 0.303 e. The van der Waals surface area contributed by atoms with Crippen molar-refractivity contribution in [2.45, 2.75) is 32.5 Å². The van der Waals surface area contributed by atoms with Gasteiger partial charge in [-0.25, -0.2) is 0 Å². The van der Waals surface area contributed by atoms with E-state index >= 15 is 0 Å². The van der Waals surface area contributed by atoms with Crippen LogP contribution in [0.15, 0.2) is 0 Å². The molecule has 0 aliphatic rings. The van der Waals surface area contributed by atoms with Crippen LogP contribution in [0, 0.1) is 0 Å². The summed E-state index contributed by atoms with van der Waals surface area (Å²) in [5.74, 6) is -1.19. The minimum Gasteiger partial charge on any atom is -0.463 e. The maximum absolute atomic E-state index is 10.6. The number of carbonyl (C=O) groups is 2. The average molecular weight is 220 g/mol. The summed E-state index contributed by atoms with van der Waals surface area (Å²) in [5.41, 5.74) is -1.61. The van der Waals surface area contributed by atoms with Crippen molar-refractivity contribution in [3.05, 3.63) is 0 Å². The Morgan fingerprint density at radius 1 is 1.33 bits per heavy atom. The molecule has 0 heterocycles. The van der Waals surface area contributed by atoms with Crippen LogP contribution in [0.5, 0.6) is 0 Å². The van der Waals surface area contributed by atoms with Gasteiger partial charge in [-0.05, 0) is 6.92 Å². The van der Waals surface area contributed by atoms with Crippen LogP contribution in [-0.2, 0) is 19.1 Å². The van der Waals surface area contributed by atoms with Crippen LogP contribution in [0.1, 0.15) is 20.8 Å². The third kappa shape index (κ3) is 5.34. The number of hydrogen-bond donors (Lipinski definition) is 2. The zero-order valence-electron chi connectivity index (χ0n) is 9.02. The van der Waals surface area contributed by atoms with Crippen LogP contribution in [-0.4, -0.2) is 47.1 Å². The molecule has 2 N–H and O–H groups in total. The average Bonchev–Trinajstić information content (AvgIpc) is 2.10. The molecular formula is C9H16O6. The second-order valence-corrected chi connectivity index (χ2v) is 3.42. The molecule has 0 aliphatic carbocycles. The molecule has 2 atom stereocenters. The first kappa shape index (κ1) is 13.9. The summed E-state index contributed by atoms with van der Waals surface area (Å²) in [7, 11) is 0. The largest absolute Gasteiger partial charge is 0.463 e. The van der Waals surface area contributed by atoms with E-state index in [1.807, 2.05) is 0 Å². The van der Waals surface area contributed by atoms with E-state index in [0.717, 1.165) is 6.92 Å². The van der Waals surface area contributed by atoms with Gasteiger partial charge in [0.05, 0.1) is 6.61 Å². The number of rotatable bonds is 5. The highest BCUT2D eigenvalue weighted by atomic mass is 16.6. The molecule has 6 heteroatoms. The molecule has 0 saturated heterocycles. The topological polar surface area (TPSA) is 93.1 Å². The molecular weight excluding hydrogens is 204 g/mol. The molecule has 0 spiro atoms. The van der Waals surface area contributed by atoms with Gasteiger partial charge in [0.15, 0.2) is 6.10 Å². The van der Waals surface area contributed by atoms with Crippen LogP contribution >= 0.6 is 0 Å². The SMILES string of the molecule is CC(=O)OC[C@](C)(O)[C@@H](CO)OC(C)=O. The van der Waals surface area contributed by atoms with E-state index in [4.69, 9.17) is 5.11 Å². The first-order valence-corrected chi connectivity index (χ1v) is 4.43. The Morgan fingerprint density at radius 2 is 1.87 bits per heavy atom. The van der Waals surface area contributed by atoms with Crippen molar-refractivity contribution in [2.24, 2.45) is 0 Å². The lowest BCUT2D eigenvalue weighted by Gasteiger charge is -2.30. The van der Waals surface area contributed by atoms with Crippen molar-refractivity contribution in [1.29, 1.82) is 0 Å². The lowest BCUT2D eigenvalue weighted by Crippen LogP contribution is -2.48. The molecule has 0 amide bonds. The van der Waals surface area contributed by atoms with Crippen LogP contribution in [0.4, 0.5) is 0 Å². The number of aliphatic hydroxyl groups is 2. The Morgan fingerprint density at radius 3 is 2.20 bits per heavy atom. The Labute approximate surface area is 87.8 Å². The number of esters is 2. The van der Waals surface area contributed by atoms with Crippen LogP contribution in [0.2, 0.25) is 0 Å². The van der Waals surface area contributed by atoms with Gasteiger partial charge in [-0.15, -0.1) is 0 Å². The number of ether oxygens (including phenoxy) is 2. The normalized spacial score (nSPS) is 16.3. The second-order valence-electron chi connectivity index (χ2n) is 3.42. The van der Waals surface area contributed by atoms with Crippen molar-refractivity contribution >= 4 is 11.9 Å². The molecule has 0 radical (unpaired) electrons. The van der Waals surface area contributed by atoms with E-state index in [1.165, 1.54) is 13.8 Å². The number of carbonyl (C=O) groups excluding carboxylic acids is 2. The highest BCUT2D eigenvalue weighted by Crippen LogP contribution is 2.14. The van der Waals surface area contributed by atoms with E-state index in [2.05, 4.69) is 9.47 Å². The van der Waals surface area contributed by atoms with Gasteiger partial charge in [0.2, 0.25) is 0 Å². The van der Waals surface area contributed by atoms with Gasteiger partial charge in [0.1, 0.15) is 12.2 Å². The fourth-order valence-electron chi connectivity index (χ4n) is 0.902. The van der Waals surface area contributed by atoms with E-state index < -0.39 is 30.3 Å². The third-order valence-electron chi connectivity index (χ3n) is 1.74. The molecule has 15 heavy (non-hydrogen) atoms. The third-order valence-corrected chi connectivity index (χ3v) is 1.74. The highest BCUT2D eigenvalue weighted by molar-refractivity contribution is 5.66. The van der Waals surface area contributed by atoms with Gasteiger partial charge in [-0.3, -0.25) is 9.59 Å². The van der Waals surface area contributed by atoms with Crippen molar-refractivity contribution in [3.8, 4) is 0 Å². The van der Waals surface area contributed by atoms with Gasteiger partial charge in [0, 0.05) is 13.8 Å². The summed E-state index contributed by atoms with van der Waals surface area (Å²) < 4.78 is 9.25. The number of aliphatic hydroxyl groups excluding tert-OH is 1. The van der Waals surface area contributed by atoms with E-state index in [-0.39, 0.29) is 6.61 Å². The molecule has 0 saturated carbocycles. The van der Waals surface area contributed by atoms with Crippen LogP contribution in [0.3, 0.4) is 0 Å². The molecule has 0 fully saturated rings. The van der Waals surface area contributed by atoms with Gasteiger partial charge >= 0.3 is 11.9 Å². The lowest BCUT2D eigenvalue weighted by atomic mass is 10.0. The molecule has 0 aromatic heterocycles. The highest BCUT2D eigenvalue weighted by Gasteiger charge is 2.35. The summed E-state index contributed by atoms with van der Waals surface area (Å²) in [4.78, 5) is 21.2. The Balaban J connectivity index is 4.36. The zero-order valence-corrected chi connectivity index (χ0v) is 9.02. The van der Waals surface area contributed by atoms with E-state index in [1.54, 1.807) is 0 Å². The Bertz CT molecular complexity index is 235. The van der Waals surface area contributed by atoms with Crippen molar-refractivity contribution in [2.75, 3.05) is 13.2 Å². The minimum absolute atomic E-state index is 0.346. The molecule has 0 aliphatic heterocycles. The molecule has 0 aromatic rings. The summed E-state index contributed by atoms with van der Waals surface area (Å²) in [6, 6.07) is 0. The van der Waals surface area contributed by atoms with Crippen LogP contribution in [0.25, 0.3) is 0 Å². The fraction of sp³-hybridized carbons (Fsp3) is 0.778. The summed E-state index contributed by atoms with van der Waals surface area (Å²) >= 11 is 0. The van der Waals surface area contributed by atoms with Gasteiger partial charge in [-0.1, -0.05) is 0 Å². The minimum atomic E-state index is -1.61. The zero-order chi connectivity index (χ0) is 12.1. The van der Waals surface area contributed by atoms with Crippen molar-refractivity contribution < 1.29 is 29.3 Å². The molecule has 0 rings (SSSR count). The molecule has 6 nitrogen and oxygen atoms in total. The van der Waals surface area contributed by atoms with Crippen molar-refractivity contribution in [1.82, 2.24) is 0 Å². The van der Waals surface area contributed by atoms with Gasteiger partial charge in [-0.2, -0.15) is 0 Å². The van der Waals surface area contributed by atoms with E-state index in [9.17, 15) is 14.7 Å². The molecule has 88 valence electrons. The predicted octanol–water partition coefficient (Wildman–Crippen LogP) is -0.776. The predicted molar refractivity (Wildman–Crippen MR) is 49.9 cm³/mol. The number of hydrogen-bond acceptors (Lipinski definition) is 6. The first-order valence-electron chi connectivity index (χ1n) is 4.43. The van der Waals surface area contributed by atoms with Gasteiger partial charge < -0.3 is 19.7 Å². The lowest BCUT2D eigenvalue weighted by molar-refractivity contribution is -0.177. The molecule has 0 unspecified atom stereocenters. The van der Waals surface area contributed by atoms with Gasteiger partial charge in [0.25, 0.3) is 0 Å². The summed E-state index contributed by atoms with van der Waals surface area (Å²) in [6.07, 6.45) is -1.12. The standard InChI is InChI=1S/C9H16O6/c1-6(11)14-5-9(3,13)8(4-10)15-7(2)12/h8,10,13H,4-5H2,1-3H3/t8-,9+/m1/s1. The smallest absolute Gasteiger partial charge is 0.303 e.